The highest BCUT2D eigenvalue weighted by Crippen LogP contribution is 2.20. The van der Waals surface area contributed by atoms with Crippen LogP contribution in [-0.4, -0.2) is 28.1 Å². The van der Waals surface area contributed by atoms with E-state index >= 15 is 0 Å². The fourth-order valence-corrected chi connectivity index (χ4v) is 1.74. The molecule has 0 unspecified atom stereocenters. The molecule has 0 amide bonds. The minimum atomic E-state index is -0.401. The average Bonchev–Trinajstić information content (AvgIpc) is 2.49. The van der Waals surface area contributed by atoms with Crippen LogP contribution in [0.1, 0.15) is 34.3 Å². The molecule has 0 aliphatic heterocycles. The zero-order chi connectivity index (χ0) is 14.4. The molecule has 1 aromatic carbocycles. The van der Waals surface area contributed by atoms with Crippen molar-refractivity contribution < 1.29 is 14.3 Å². The van der Waals surface area contributed by atoms with E-state index in [1.807, 2.05) is 6.92 Å². The second-order valence-electron chi connectivity index (χ2n) is 4.02. The van der Waals surface area contributed by atoms with Crippen LogP contribution in [0.15, 0.2) is 42.7 Å². The molecule has 20 heavy (non-hydrogen) atoms. The quantitative estimate of drug-likeness (QED) is 0.595. The molecule has 0 radical (unpaired) electrons. The highest BCUT2D eigenvalue weighted by molar-refractivity contribution is 6.13. The summed E-state index contributed by atoms with van der Waals surface area (Å²) in [5.74, 6) is -0.162. The molecule has 0 fully saturated rings. The molecule has 0 saturated carbocycles. The molecule has 5 heteroatoms. The van der Waals surface area contributed by atoms with Gasteiger partial charge in [0, 0.05) is 12.4 Å². The molecule has 0 aliphatic rings. The summed E-state index contributed by atoms with van der Waals surface area (Å²) in [5.41, 5.74) is 0.402. The Morgan fingerprint density at radius 2 is 1.75 bits per heavy atom. The third kappa shape index (κ3) is 3.26. The Kier molecular flexibility index (Phi) is 4.55. The molecular formula is C15H14N2O3. The fraction of sp³-hybridized carbons (Fsp3) is 0.200. The smallest absolute Gasteiger partial charge is 0.207 e. The summed E-state index contributed by atoms with van der Waals surface area (Å²) in [4.78, 5) is 31.8. The number of nitrogens with zero attached hydrogens (tertiary/aromatic N) is 2. The lowest BCUT2D eigenvalue weighted by molar-refractivity contribution is 0.0886. The summed E-state index contributed by atoms with van der Waals surface area (Å²) < 4.78 is 5.38. The van der Waals surface area contributed by atoms with Crippen LogP contribution in [0.4, 0.5) is 0 Å². The molecule has 0 saturated heterocycles. The predicted octanol–water partition coefficient (Wildman–Crippen LogP) is 2.33. The van der Waals surface area contributed by atoms with Crippen molar-refractivity contribution in [3.8, 4) is 5.75 Å². The van der Waals surface area contributed by atoms with Gasteiger partial charge < -0.3 is 4.74 Å². The maximum Gasteiger partial charge on any atom is 0.207 e. The third-order valence-electron chi connectivity index (χ3n) is 2.62. The van der Waals surface area contributed by atoms with E-state index in [2.05, 4.69) is 9.97 Å². The van der Waals surface area contributed by atoms with Crippen molar-refractivity contribution in [1.29, 1.82) is 0 Å². The number of hydrogen-bond donors (Lipinski definition) is 0. The van der Waals surface area contributed by atoms with Crippen molar-refractivity contribution in [1.82, 2.24) is 9.97 Å². The Morgan fingerprint density at radius 3 is 2.45 bits per heavy atom. The van der Waals surface area contributed by atoms with E-state index in [4.69, 9.17) is 4.74 Å². The first kappa shape index (κ1) is 13.9. The molecule has 1 aromatic heterocycles. The predicted molar refractivity (Wildman–Crippen MR) is 72.9 cm³/mol. The van der Waals surface area contributed by atoms with E-state index in [0.29, 0.717) is 17.9 Å². The van der Waals surface area contributed by atoms with Gasteiger partial charge in [0.2, 0.25) is 5.78 Å². The lowest BCUT2D eigenvalue weighted by atomic mass is 10.0. The Labute approximate surface area is 116 Å². The van der Waals surface area contributed by atoms with Crippen molar-refractivity contribution in [3.05, 3.63) is 54.1 Å². The van der Waals surface area contributed by atoms with Crippen molar-refractivity contribution in [2.24, 2.45) is 0 Å². The van der Waals surface area contributed by atoms with Crippen molar-refractivity contribution in [2.75, 3.05) is 6.61 Å². The van der Waals surface area contributed by atoms with Gasteiger partial charge in [-0.3, -0.25) is 9.59 Å². The molecule has 102 valence electrons. The van der Waals surface area contributed by atoms with Gasteiger partial charge in [0.15, 0.2) is 11.6 Å². The maximum absolute atomic E-state index is 12.2. The van der Waals surface area contributed by atoms with Crippen LogP contribution < -0.4 is 4.74 Å². The summed E-state index contributed by atoms with van der Waals surface area (Å²) in [6, 6.07) is 8.48. The molecule has 1 heterocycles. The van der Waals surface area contributed by atoms with E-state index < -0.39 is 5.78 Å². The molecule has 0 aliphatic carbocycles. The second-order valence-corrected chi connectivity index (χ2v) is 4.02. The summed E-state index contributed by atoms with van der Waals surface area (Å²) in [5, 5.41) is 0. The number of Topliss-reactive ketones (excluding diaryl/α,β-unsaturated/α-hetero) is 2. The minimum absolute atomic E-state index is 0.0507. The first-order chi connectivity index (χ1) is 9.72. The molecular weight excluding hydrogens is 256 g/mol. The Hall–Kier alpha value is -2.56. The lowest BCUT2D eigenvalue weighted by Crippen LogP contribution is -2.12. The molecule has 2 aromatic rings. The van der Waals surface area contributed by atoms with Gasteiger partial charge >= 0.3 is 0 Å². The Balaban J connectivity index is 2.15. The van der Waals surface area contributed by atoms with Crippen molar-refractivity contribution in [2.45, 2.75) is 13.3 Å². The number of carbonyl (C=O) groups excluding carboxylic acids is 2. The number of rotatable bonds is 6. The van der Waals surface area contributed by atoms with E-state index in [1.165, 1.54) is 12.4 Å². The second kappa shape index (κ2) is 6.56. The fourth-order valence-electron chi connectivity index (χ4n) is 1.74. The topological polar surface area (TPSA) is 69.2 Å². The number of hydrogen-bond acceptors (Lipinski definition) is 5. The number of aromatic nitrogens is 2. The van der Waals surface area contributed by atoms with Crippen LogP contribution in [0.2, 0.25) is 0 Å². The van der Waals surface area contributed by atoms with Crippen LogP contribution in [0.5, 0.6) is 5.75 Å². The molecule has 0 bridgehead atoms. The number of ketones is 2. The van der Waals surface area contributed by atoms with Crippen LogP contribution in [-0.2, 0) is 0 Å². The first-order valence-corrected chi connectivity index (χ1v) is 6.27. The summed E-state index contributed by atoms with van der Waals surface area (Å²) in [7, 11) is 0. The van der Waals surface area contributed by atoms with Gasteiger partial charge in [-0.25, -0.2) is 9.97 Å². The standard InChI is InChI=1S/C15H14N2O3/c1-2-20-14-7-4-3-6-11(14)12(18)10-13(19)15-16-8-5-9-17-15/h3-9H,2,10H2,1H3. The molecule has 0 spiro atoms. The third-order valence-corrected chi connectivity index (χ3v) is 2.62. The lowest BCUT2D eigenvalue weighted by Gasteiger charge is -2.08. The number of para-hydroxylation sites is 1. The highest BCUT2D eigenvalue weighted by Gasteiger charge is 2.18. The van der Waals surface area contributed by atoms with Gasteiger partial charge in [-0.15, -0.1) is 0 Å². The van der Waals surface area contributed by atoms with Crippen LogP contribution in [0, 0.1) is 0 Å². The molecule has 2 rings (SSSR count). The largest absolute Gasteiger partial charge is 0.493 e. The number of benzene rings is 1. The van der Waals surface area contributed by atoms with Gasteiger partial charge in [0.05, 0.1) is 18.6 Å². The van der Waals surface area contributed by atoms with Crippen LogP contribution in [0.25, 0.3) is 0 Å². The van der Waals surface area contributed by atoms with Gasteiger partial charge in [-0.1, -0.05) is 12.1 Å². The SMILES string of the molecule is CCOc1ccccc1C(=O)CC(=O)c1ncccn1. The van der Waals surface area contributed by atoms with Crippen LogP contribution in [0.3, 0.4) is 0 Å². The summed E-state index contributed by atoms with van der Waals surface area (Å²) in [6.07, 6.45) is 2.67. The molecule has 0 N–H and O–H groups in total. The Morgan fingerprint density at radius 1 is 1.05 bits per heavy atom. The first-order valence-electron chi connectivity index (χ1n) is 6.27. The van der Waals surface area contributed by atoms with Gasteiger partial charge in [-0.05, 0) is 25.1 Å². The van der Waals surface area contributed by atoms with Gasteiger partial charge in [0.1, 0.15) is 5.75 Å². The number of carbonyl (C=O) groups is 2. The highest BCUT2D eigenvalue weighted by atomic mass is 16.5. The van der Waals surface area contributed by atoms with Crippen molar-refractivity contribution in [3.63, 3.8) is 0 Å². The zero-order valence-electron chi connectivity index (χ0n) is 11.1. The summed E-state index contributed by atoms with van der Waals surface area (Å²) >= 11 is 0. The van der Waals surface area contributed by atoms with E-state index in [0.717, 1.165) is 0 Å². The monoisotopic (exact) mass is 270 g/mol. The zero-order valence-corrected chi connectivity index (χ0v) is 11.1. The number of ether oxygens (including phenoxy) is 1. The van der Waals surface area contributed by atoms with Crippen molar-refractivity contribution >= 4 is 11.6 Å². The summed E-state index contributed by atoms with van der Waals surface area (Å²) in [6.45, 7) is 2.30. The van der Waals surface area contributed by atoms with Gasteiger partial charge in [-0.2, -0.15) is 0 Å². The Bertz CT molecular complexity index is 612. The van der Waals surface area contributed by atoms with Gasteiger partial charge in [0.25, 0.3) is 0 Å². The minimum Gasteiger partial charge on any atom is -0.493 e. The normalized spacial score (nSPS) is 10.1. The van der Waals surface area contributed by atoms with E-state index in [1.54, 1.807) is 30.3 Å². The maximum atomic E-state index is 12.2. The van der Waals surface area contributed by atoms with E-state index in [9.17, 15) is 9.59 Å². The molecule has 5 nitrogen and oxygen atoms in total. The average molecular weight is 270 g/mol. The van der Waals surface area contributed by atoms with E-state index in [-0.39, 0.29) is 18.0 Å². The molecule has 0 atom stereocenters. The van der Waals surface area contributed by atoms with Crippen LogP contribution >= 0.6 is 0 Å².